The van der Waals surface area contributed by atoms with Crippen molar-refractivity contribution in [3.05, 3.63) is 71.7 Å². The van der Waals surface area contributed by atoms with Crippen LogP contribution in [0.5, 0.6) is 0 Å². The number of para-hydroxylation sites is 1. The van der Waals surface area contributed by atoms with Gasteiger partial charge < -0.3 is 10.3 Å². The van der Waals surface area contributed by atoms with Gasteiger partial charge in [-0.15, -0.1) is 0 Å². The smallest absolute Gasteiger partial charge is 0.230 e. The lowest BCUT2D eigenvalue weighted by atomic mass is 9.94. The first-order chi connectivity index (χ1) is 11.7. The molecule has 1 fully saturated rings. The SMILES string of the molecule is O=C(NCCc1c[nH]c2ccccc12)C1(c2ccccc2F)CC1. The molecule has 0 spiro atoms. The molecule has 2 N–H and O–H groups in total. The number of rotatable bonds is 5. The van der Waals surface area contributed by atoms with E-state index in [0.29, 0.717) is 24.9 Å². The van der Waals surface area contributed by atoms with Gasteiger partial charge in [0.2, 0.25) is 5.91 Å². The Labute approximate surface area is 139 Å². The zero-order valence-electron chi connectivity index (χ0n) is 13.3. The molecular weight excluding hydrogens is 303 g/mol. The number of halogens is 1. The van der Waals surface area contributed by atoms with E-state index in [1.54, 1.807) is 18.2 Å². The fraction of sp³-hybridized carbons (Fsp3) is 0.250. The van der Waals surface area contributed by atoms with Crippen LogP contribution in [0.25, 0.3) is 10.9 Å². The Morgan fingerprint density at radius 2 is 1.88 bits per heavy atom. The van der Waals surface area contributed by atoms with Crippen molar-refractivity contribution >= 4 is 16.8 Å². The predicted octanol–water partition coefficient (Wildman–Crippen LogP) is 3.70. The number of fused-ring (bicyclic) bond motifs is 1. The van der Waals surface area contributed by atoms with Gasteiger partial charge in [-0.1, -0.05) is 36.4 Å². The molecule has 1 aliphatic rings. The van der Waals surface area contributed by atoms with Crippen LogP contribution in [0.3, 0.4) is 0 Å². The number of benzene rings is 2. The number of amides is 1. The van der Waals surface area contributed by atoms with Crippen molar-refractivity contribution in [1.29, 1.82) is 0 Å². The van der Waals surface area contributed by atoms with E-state index in [1.807, 2.05) is 24.4 Å². The van der Waals surface area contributed by atoms with Gasteiger partial charge in [-0.25, -0.2) is 4.39 Å². The molecule has 4 heteroatoms. The minimum atomic E-state index is -0.661. The Morgan fingerprint density at radius 1 is 1.12 bits per heavy atom. The number of carbonyl (C=O) groups is 1. The molecule has 0 atom stereocenters. The Bertz CT molecular complexity index is 895. The second kappa shape index (κ2) is 5.78. The number of hydrogen-bond donors (Lipinski definition) is 2. The molecule has 3 nitrogen and oxygen atoms in total. The maximum Gasteiger partial charge on any atom is 0.230 e. The Kier molecular flexibility index (Phi) is 3.60. The number of nitrogens with one attached hydrogen (secondary N) is 2. The van der Waals surface area contributed by atoms with Crippen molar-refractivity contribution in [2.45, 2.75) is 24.7 Å². The molecule has 1 heterocycles. The van der Waals surface area contributed by atoms with Gasteiger partial charge in [0.15, 0.2) is 0 Å². The molecule has 1 aromatic heterocycles. The second-order valence-corrected chi connectivity index (χ2v) is 6.43. The van der Waals surface area contributed by atoms with Crippen molar-refractivity contribution in [1.82, 2.24) is 10.3 Å². The van der Waals surface area contributed by atoms with Gasteiger partial charge in [-0.05, 0) is 37.0 Å². The molecule has 0 unspecified atom stereocenters. The lowest BCUT2D eigenvalue weighted by Crippen LogP contribution is -2.36. The lowest BCUT2D eigenvalue weighted by Gasteiger charge is -2.16. The third-order valence-electron chi connectivity index (χ3n) is 4.93. The number of H-pyrrole nitrogens is 1. The van der Waals surface area contributed by atoms with Crippen molar-refractivity contribution in [3.8, 4) is 0 Å². The highest BCUT2D eigenvalue weighted by molar-refractivity contribution is 5.91. The Morgan fingerprint density at radius 3 is 2.67 bits per heavy atom. The van der Waals surface area contributed by atoms with Gasteiger partial charge in [0.1, 0.15) is 5.82 Å². The Balaban J connectivity index is 1.43. The van der Waals surface area contributed by atoms with Crippen LogP contribution in [0.15, 0.2) is 54.7 Å². The van der Waals surface area contributed by atoms with Gasteiger partial charge in [0.25, 0.3) is 0 Å². The van der Waals surface area contributed by atoms with E-state index in [9.17, 15) is 9.18 Å². The summed E-state index contributed by atoms with van der Waals surface area (Å²) in [5, 5.41) is 4.18. The van der Waals surface area contributed by atoms with Crippen LogP contribution in [0.4, 0.5) is 4.39 Å². The molecule has 24 heavy (non-hydrogen) atoms. The molecular formula is C20H19FN2O. The fourth-order valence-corrected chi connectivity index (χ4v) is 3.41. The van der Waals surface area contributed by atoms with Crippen molar-refractivity contribution in [2.75, 3.05) is 6.54 Å². The summed E-state index contributed by atoms with van der Waals surface area (Å²) in [5.41, 5.74) is 2.14. The highest BCUT2D eigenvalue weighted by atomic mass is 19.1. The molecule has 0 radical (unpaired) electrons. The fourth-order valence-electron chi connectivity index (χ4n) is 3.41. The minimum absolute atomic E-state index is 0.0626. The minimum Gasteiger partial charge on any atom is -0.361 e. The molecule has 1 aliphatic carbocycles. The molecule has 3 aromatic rings. The number of carbonyl (C=O) groups excluding carboxylic acids is 1. The number of aromatic nitrogens is 1. The molecule has 0 saturated heterocycles. The van der Waals surface area contributed by atoms with Gasteiger partial charge in [0.05, 0.1) is 5.41 Å². The Hall–Kier alpha value is -2.62. The average Bonchev–Trinajstić information content (AvgIpc) is 3.31. The van der Waals surface area contributed by atoms with Gasteiger partial charge >= 0.3 is 0 Å². The molecule has 1 amide bonds. The number of aromatic amines is 1. The van der Waals surface area contributed by atoms with Crippen LogP contribution in [-0.2, 0) is 16.6 Å². The normalized spacial score (nSPS) is 15.4. The van der Waals surface area contributed by atoms with E-state index >= 15 is 0 Å². The molecule has 4 rings (SSSR count). The van der Waals surface area contributed by atoms with Crippen LogP contribution in [0, 0.1) is 5.82 Å². The molecule has 122 valence electrons. The topological polar surface area (TPSA) is 44.9 Å². The van der Waals surface area contributed by atoms with Crippen LogP contribution in [0.1, 0.15) is 24.0 Å². The first kappa shape index (κ1) is 14.9. The monoisotopic (exact) mass is 322 g/mol. The van der Waals surface area contributed by atoms with Crippen molar-refractivity contribution < 1.29 is 9.18 Å². The predicted molar refractivity (Wildman–Crippen MR) is 92.3 cm³/mol. The molecule has 0 bridgehead atoms. The second-order valence-electron chi connectivity index (χ2n) is 6.43. The van der Waals surface area contributed by atoms with E-state index in [4.69, 9.17) is 0 Å². The summed E-state index contributed by atoms with van der Waals surface area (Å²) in [6.07, 6.45) is 4.17. The third kappa shape index (κ3) is 2.48. The average molecular weight is 322 g/mol. The summed E-state index contributed by atoms with van der Waals surface area (Å²) in [6, 6.07) is 14.7. The summed E-state index contributed by atoms with van der Waals surface area (Å²) >= 11 is 0. The first-order valence-electron chi connectivity index (χ1n) is 8.29. The molecule has 1 saturated carbocycles. The third-order valence-corrected chi connectivity index (χ3v) is 4.93. The van der Waals surface area contributed by atoms with Gasteiger partial charge in [0, 0.05) is 29.2 Å². The first-order valence-corrected chi connectivity index (χ1v) is 8.29. The quantitative estimate of drug-likeness (QED) is 0.739. The highest BCUT2D eigenvalue weighted by Gasteiger charge is 2.52. The molecule has 0 aliphatic heterocycles. The van der Waals surface area contributed by atoms with E-state index in [1.165, 1.54) is 17.0 Å². The van der Waals surface area contributed by atoms with Gasteiger partial charge in [-0.3, -0.25) is 4.79 Å². The van der Waals surface area contributed by atoms with E-state index in [-0.39, 0.29) is 11.7 Å². The van der Waals surface area contributed by atoms with E-state index in [0.717, 1.165) is 11.9 Å². The molecule has 2 aromatic carbocycles. The van der Waals surface area contributed by atoms with E-state index in [2.05, 4.69) is 16.4 Å². The van der Waals surface area contributed by atoms with E-state index < -0.39 is 5.41 Å². The van der Waals surface area contributed by atoms with Crippen LogP contribution in [-0.4, -0.2) is 17.4 Å². The van der Waals surface area contributed by atoms with Crippen LogP contribution < -0.4 is 5.32 Å². The summed E-state index contributed by atoms with van der Waals surface area (Å²) in [6.45, 7) is 0.552. The number of hydrogen-bond acceptors (Lipinski definition) is 1. The summed E-state index contributed by atoms with van der Waals surface area (Å²) in [5.74, 6) is -0.353. The zero-order valence-corrected chi connectivity index (χ0v) is 13.3. The highest BCUT2D eigenvalue weighted by Crippen LogP contribution is 2.49. The standard InChI is InChI=1S/C20H19FN2O/c21-17-7-3-2-6-16(17)20(10-11-20)19(24)22-12-9-14-13-23-18-8-4-1-5-15(14)18/h1-8,13,23H,9-12H2,(H,22,24). The largest absolute Gasteiger partial charge is 0.361 e. The summed E-state index contributed by atoms with van der Waals surface area (Å²) in [4.78, 5) is 15.8. The maximum absolute atomic E-state index is 14.0. The zero-order chi connectivity index (χ0) is 16.6. The van der Waals surface area contributed by atoms with Crippen LogP contribution in [0.2, 0.25) is 0 Å². The lowest BCUT2D eigenvalue weighted by molar-refractivity contribution is -0.123. The van der Waals surface area contributed by atoms with Crippen molar-refractivity contribution in [2.24, 2.45) is 0 Å². The van der Waals surface area contributed by atoms with Gasteiger partial charge in [-0.2, -0.15) is 0 Å². The van der Waals surface area contributed by atoms with Crippen molar-refractivity contribution in [3.63, 3.8) is 0 Å². The maximum atomic E-state index is 14.0. The van der Waals surface area contributed by atoms with Crippen LogP contribution >= 0.6 is 0 Å². The summed E-state index contributed by atoms with van der Waals surface area (Å²) in [7, 11) is 0. The summed E-state index contributed by atoms with van der Waals surface area (Å²) < 4.78 is 14.0.